The summed E-state index contributed by atoms with van der Waals surface area (Å²) in [5, 5.41) is 5.69. The van der Waals surface area contributed by atoms with E-state index in [1.165, 1.54) is 21.3 Å². The van der Waals surface area contributed by atoms with E-state index in [4.69, 9.17) is 14.2 Å². The molecule has 1 aromatic carbocycles. The van der Waals surface area contributed by atoms with Gasteiger partial charge in [0, 0.05) is 24.4 Å². The summed E-state index contributed by atoms with van der Waals surface area (Å²) in [6, 6.07) is 3.33. The largest absolute Gasteiger partial charge is 0.493 e. The van der Waals surface area contributed by atoms with Crippen LogP contribution in [0.3, 0.4) is 0 Å². The van der Waals surface area contributed by atoms with E-state index < -0.39 is 0 Å². The quantitative estimate of drug-likeness (QED) is 0.667. The Morgan fingerprint density at radius 2 is 1.64 bits per heavy atom. The Kier molecular flexibility index (Phi) is 6.50. The molecule has 0 saturated heterocycles. The van der Waals surface area contributed by atoms with E-state index in [2.05, 4.69) is 17.6 Å². The van der Waals surface area contributed by atoms with Crippen molar-refractivity contribution in [3.05, 3.63) is 12.1 Å². The van der Waals surface area contributed by atoms with Crippen molar-refractivity contribution in [1.29, 1.82) is 0 Å². The number of amides is 2. The molecule has 7 nitrogen and oxygen atoms in total. The van der Waals surface area contributed by atoms with E-state index in [9.17, 15) is 9.59 Å². The number of benzene rings is 1. The van der Waals surface area contributed by atoms with Gasteiger partial charge in [0.1, 0.15) is 0 Å². The predicted molar refractivity (Wildman–Crippen MR) is 94.2 cm³/mol. The molecule has 138 valence electrons. The lowest BCUT2D eigenvalue weighted by molar-refractivity contribution is -0.125. The van der Waals surface area contributed by atoms with E-state index in [-0.39, 0.29) is 23.7 Å². The highest BCUT2D eigenvalue weighted by Gasteiger charge is 2.47. The second-order valence-corrected chi connectivity index (χ2v) is 6.00. The van der Waals surface area contributed by atoms with Crippen molar-refractivity contribution in [2.24, 2.45) is 11.8 Å². The molecule has 2 rings (SSSR count). The van der Waals surface area contributed by atoms with Gasteiger partial charge in [0.05, 0.1) is 33.2 Å². The average molecular weight is 350 g/mol. The number of anilines is 1. The molecule has 1 aliphatic rings. The van der Waals surface area contributed by atoms with Crippen molar-refractivity contribution in [1.82, 2.24) is 5.32 Å². The fourth-order valence-electron chi connectivity index (χ4n) is 2.68. The maximum Gasteiger partial charge on any atom is 0.228 e. The molecule has 1 aromatic rings. The van der Waals surface area contributed by atoms with Gasteiger partial charge in [-0.25, -0.2) is 0 Å². The lowest BCUT2D eigenvalue weighted by Gasteiger charge is -2.14. The van der Waals surface area contributed by atoms with Crippen molar-refractivity contribution in [3.8, 4) is 17.2 Å². The number of rotatable bonds is 9. The molecular weight excluding hydrogens is 324 g/mol. The van der Waals surface area contributed by atoms with E-state index in [0.717, 1.165) is 12.8 Å². The molecule has 25 heavy (non-hydrogen) atoms. The first kappa shape index (κ1) is 18.9. The molecule has 2 N–H and O–H groups in total. The SMILES string of the molecule is CCCCNC(=O)C1CC1C(=O)Nc1cc(OC)c(OC)c(OC)c1. The van der Waals surface area contributed by atoms with Gasteiger partial charge in [-0.3, -0.25) is 9.59 Å². The lowest BCUT2D eigenvalue weighted by atomic mass is 10.2. The van der Waals surface area contributed by atoms with Crippen molar-refractivity contribution in [2.45, 2.75) is 26.2 Å². The van der Waals surface area contributed by atoms with E-state index in [1.54, 1.807) is 12.1 Å². The van der Waals surface area contributed by atoms with Gasteiger partial charge in [-0.05, 0) is 12.8 Å². The Labute approximate surface area is 148 Å². The summed E-state index contributed by atoms with van der Waals surface area (Å²) < 4.78 is 15.8. The lowest BCUT2D eigenvalue weighted by Crippen LogP contribution is -2.28. The second-order valence-electron chi connectivity index (χ2n) is 6.00. The molecular formula is C18H26N2O5. The summed E-state index contributed by atoms with van der Waals surface area (Å²) in [6.45, 7) is 2.73. The number of carbonyl (C=O) groups is 2. The smallest absolute Gasteiger partial charge is 0.228 e. The third-order valence-electron chi connectivity index (χ3n) is 4.23. The fourth-order valence-corrected chi connectivity index (χ4v) is 2.68. The van der Waals surface area contributed by atoms with Crippen LogP contribution in [0.2, 0.25) is 0 Å². The molecule has 0 aliphatic heterocycles. The Hall–Kier alpha value is -2.44. The molecule has 2 unspecified atom stereocenters. The molecule has 0 aromatic heterocycles. The predicted octanol–water partition coefficient (Wildman–Crippen LogP) is 2.20. The van der Waals surface area contributed by atoms with Crippen LogP contribution in [-0.2, 0) is 9.59 Å². The van der Waals surface area contributed by atoms with Crippen molar-refractivity contribution >= 4 is 17.5 Å². The average Bonchev–Trinajstić information content (AvgIpc) is 3.41. The van der Waals surface area contributed by atoms with Crippen LogP contribution in [-0.4, -0.2) is 39.7 Å². The first-order chi connectivity index (χ1) is 12.0. The molecule has 2 atom stereocenters. The van der Waals surface area contributed by atoms with Crippen molar-refractivity contribution < 1.29 is 23.8 Å². The third kappa shape index (κ3) is 4.55. The Bertz CT molecular complexity index is 607. The Morgan fingerprint density at radius 1 is 1.04 bits per heavy atom. The van der Waals surface area contributed by atoms with Crippen molar-refractivity contribution in [3.63, 3.8) is 0 Å². The molecule has 0 heterocycles. The van der Waals surface area contributed by atoms with Crippen molar-refractivity contribution in [2.75, 3.05) is 33.2 Å². The molecule has 1 fully saturated rings. The standard InChI is InChI=1S/C18H26N2O5/c1-5-6-7-19-17(21)12-10-13(12)18(22)20-11-8-14(23-2)16(25-4)15(9-11)24-3/h8-9,12-13H,5-7,10H2,1-4H3,(H,19,21)(H,20,22). The van der Waals surface area contributed by atoms with Gasteiger partial charge in [-0.1, -0.05) is 13.3 Å². The van der Waals surface area contributed by atoms with Crippen LogP contribution in [0.4, 0.5) is 5.69 Å². The molecule has 1 aliphatic carbocycles. The molecule has 0 radical (unpaired) electrons. The fraction of sp³-hybridized carbons (Fsp3) is 0.556. The first-order valence-electron chi connectivity index (χ1n) is 8.44. The van der Waals surface area contributed by atoms with E-state index >= 15 is 0 Å². The number of ether oxygens (including phenoxy) is 3. The minimum atomic E-state index is -0.291. The molecule has 1 saturated carbocycles. The van der Waals surface area contributed by atoms with Gasteiger partial charge >= 0.3 is 0 Å². The summed E-state index contributed by atoms with van der Waals surface area (Å²) in [4.78, 5) is 24.4. The number of unbranched alkanes of at least 4 members (excludes halogenated alkanes) is 1. The maximum atomic E-state index is 12.4. The van der Waals surface area contributed by atoms with E-state index in [1.807, 2.05) is 0 Å². The molecule has 0 spiro atoms. The minimum Gasteiger partial charge on any atom is -0.493 e. The highest BCUT2D eigenvalue weighted by atomic mass is 16.5. The number of carbonyl (C=O) groups excluding carboxylic acids is 2. The Balaban J connectivity index is 1.99. The summed E-state index contributed by atoms with van der Waals surface area (Å²) in [5.74, 6) is 0.634. The maximum absolute atomic E-state index is 12.4. The van der Waals surface area contributed by atoms with Crippen LogP contribution in [0.25, 0.3) is 0 Å². The second kappa shape index (κ2) is 8.60. The van der Waals surface area contributed by atoms with Gasteiger partial charge in [-0.15, -0.1) is 0 Å². The highest BCUT2D eigenvalue weighted by Crippen LogP contribution is 2.42. The van der Waals surface area contributed by atoms with Gasteiger partial charge < -0.3 is 24.8 Å². The molecule has 0 bridgehead atoms. The van der Waals surface area contributed by atoms with Gasteiger partial charge in [0.25, 0.3) is 0 Å². The zero-order valence-corrected chi connectivity index (χ0v) is 15.2. The normalized spacial score (nSPS) is 18.2. The van der Waals surface area contributed by atoms with Crippen LogP contribution in [0.1, 0.15) is 26.2 Å². The summed E-state index contributed by atoms with van der Waals surface area (Å²) >= 11 is 0. The number of hydrogen-bond donors (Lipinski definition) is 2. The minimum absolute atomic E-state index is 0.0431. The summed E-state index contributed by atoms with van der Waals surface area (Å²) in [7, 11) is 4.55. The number of methoxy groups -OCH3 is 3. The third-order valence-corrected chi connectivity index (χ3v) is 4.23. The first-order valence-corrected chi connectivity index (χ1v) is 8.44. The number of hydrogen-bond acceptors (Lipinski definition) is 5. The van der Waals surface area contributed by atoms with Crippen LogP contribution in [0, 0.1) is 11.8 Å². The highest BCUT2D eigenvalue weighted by molar-refractivity contribution is 5.99. The van der Waals surface area contributed by atoms with Crippen LogP contribution in [0.15, 0.2) is 12.1 Å². The summed E-state index contributed by atoms with van der Waals surface area (Å²) in [5.41, 5.74) is 0.538. The van der Waals surface area contributed by atoms with Gasteiger partial charge in [0.15, 0.2) is 11.5 Å². The van der Waals surface area contributed by atoms with Gasteiger partial charge in [0.2, 0.25) is 17.6 Å². The Morgan fingerprint density at radius 3 is 2.16 bits per heavy atom. The van der Waals surface area contributed by atoms with Crippen LogP contribution < -0.4 is 24.8 Å². The zero-order chi connectivity index (χ0) is 18.4. The zero-order valence-electron chi connectivity index (χ0n) is 15.2. The molecule has 7 heteroatoms. The van der Waals surface area contributed by atoms with Crippen LogP contribution >= 0.6 is 0 Å². The van der Waals surface area contributed by atoms with Crippen LogP contribution in [0.5, 0.6) is 17.2 Å². The van der Waals surface area contributed by atoms with Gasteiger partial charge in [-0.2, -0.15) is 0 Å². The molecule has 2 amide bonds. The monoisotopic (exact) mass is 350 g/mol. The number of nitrogens with one attached hydrogen (secondary N) is 2. The topological polar surface area (TPSA) is 85.9 Å². The van der Waals surface area contributed by atoms with E-state index in [0.29, 0.717) is 35.9 Å². The summed E-state index contributed by atoms with van der Waals surface area (Å²) in [6.07, 6.45) is 2.55.